The van der Waals surface area contributed by atoms with Gasteiger partial charge >= 0.3 is 0 Å². The van der Waals surface area contributed by atoms with Crippen molar-refractivity contribution in [3.8, 4) is 11.3 Å². The molecule has 1 saturated heterocycles. The first-order chi connectivity index (χ1) is 9.42. The zero-order chi connectivity index (χ0) is 12.9. The molecule has 1 aliphatic rings. The number of rotatable bonds is 5. The lowest BCUT2D eigenvalue weighted by Crippen LogP contribution is -2.16. The van der Waals surface area contributed by atoms with Crippen molar-refractivity contribution in [2.75, 3.05) is 19.8 Å². The molecule has 1 atom stereocenters. The third kappa shape index (κ3) is 3.15. The van der Waals surface area contributed by atoms with Gasteiger partial charge in [-0.25, -0.2) is 4.68 Å². The lowest BCUT2D eigenvalue weighted by Gasteiger charge is -2.08. The van der Waals surface area contributed by atoms with Gasteiger partial charge in [0, 0.05) is 24.6 Å². The van der Waals surface area contributed by atoms with E-state index < -0.39 is 0 Å². The predicted octanol–water partition coefficient (Wildman–Crippen LogP) is 1.15. The second-order valence-electron chi connectivity index (χ2n) is 4.46. The fourth-order valence-corrected chi connectivity index (χ4v) is 2.02. The molecule has 1 fully saturated rings. The van der Waals surface area contributed by atoms with Crippen LogP contribution in [-0.2, 0) is 16.0 Å². The molecule has 6 nitrogen and oxygen atoms in total. The summed E-state index contributed by atoms with van der Waals surface area (Å²) in [5.41, 5.74) is 1.87. The van der Waals surface area contributed by atoms with Gasteiger partial charge in [-0.05, 0) is 18.6 Å². The monoisotopic (exact) mass is 260 g/mol. The van der Waals surface area contributed by atoms with Crippen LogP contribution in [0, 0.1) is 0 Å². The average molecular weight is 260 g/mol. The molecule has 0 radical (unpaired) electrons. The van der Waals surface area contributed by atoms with Crippen LogP contribution in [0.2, 0.25) is 0 Å². The number of hydrogen-bond acceptors (Lipinski definition) is 5. The first-order valence-corrected chi connectivity index (χ1v) is 6.42. The number of nitrogens with zero attached hydrogens (tertiary/aromatic N) is 4. The molecule has 0 amide bonds. The number of hydrogen-bond donors (Lipinski definition) is 0. The third-order valence-corrected chi connectivity index (χ3v) is 3.08. The van der Waals surface area contributed by atoms with E-state index in [2.05, 4.69) is 15.3 Å². The summed E-state index contributed by atoms with van der Waals surface area (Å²) in [5.74, 6) is 0. The molecule has 3 heterocycles. The van der Waals surface area contributed by atoms with Crippen molar-refractivity contribution < 1.29 is 9.47 Å². The van der Waals surface area contributed by atoms with Gasteiger partial charge in [0.1, 0.15) is 5.69 Å². The fraction of sp³-hybridized carbons (Fsp3) is 0.462. The predicted molar refractivity (Wildman–Crippen MR) is 68.4 cm³/mol. The lowest BCUT2D eigenvalue weighted by atomic mass is 10.2. The molecule has 0 spiro atoms. The topological polar surface area (TPSA) is 62.1 Å². The Balaban J connectivity index is 1.53. The van der Waals surface area contributed by atoms with Crippen molar-refractivity contribution >= 4 is 0 Å². The maximum atomic E-state index is 5.70. The van der Waals surface area contributed by atoms with E-state index in [9.17, 15) is 0 Å². The van der Waals surface area contributed by atoms with E-state index in [-0.39, 0.29) is 6.10 Å². The molecule has 0 saturated carbocycles. The van der Waals surface area contributed by atoms with Crippen molar-refractivity contribution in [1.82, 2.24) is 20.0 Å². The molecule has 0 N–H and O–H groups in total. The molecule has 6 heteroatoms. The quantitative estimate of drug-likeness (QED) is 0.807. The van der Waals surface area contributed by atoms with Crippen LogP contribution in [0.5, 0.6) is 0 Å². The summed E-state index contributed by atoms with van der Waals surface area (Å²) in [6.07, 6.45) is 6.64. The number of ether oxygens (including phenoxy) is 2. The lowest BCUT2D eigenvalue weighted by molar-refractivity contribution is 0.0369. The van der Waals surface area contributed by atoms with Crippen LogP contribution >= 0.6 is 0 Å². The molecule has 2 aromatic heterocycles. The maximum absolute atomic E-state index is 5.70. The molecule has 0 bridgehead atoms. The number of pyridine rings is 1. The molecule has 1 unspecified atom stereocenters. The maximum Gasteiger partial charge on any atom is 0.113 e. The van der Waals surface area contributed by atoms with Crippen molar-refractivity contribution in [2.24, 2.45) is 0 Å². The zero-order valence-corrected chi connectivity index (χ0v) is 10.6. The SMILES string of the molecule is c1cc(-c2cn(CCOC3CCOC3)nn2)ccn1. The molecule has 0 aromatic carbocycles. The first kappa shape index (κ1) is 12.3. The highest BCUT2D eigenvalue weighted by Gasteiger charge is 2.15. The van der Waals surface area contributed by atoms with Gasteiger partial charge in [-0.15, -0.1) is 5.10 Å². The molecule has 1 aliphatic heterocycles. The standard InChI is InChI=1S/C13H16N4O2/c1-4-14-5-2-11(1)13-9-17(16-15-13)6-8-19-12-3-7-18-10-12/h1-2,4-5,9,12H,3,6-8,10H2. The normalized spacial score (nSPS) is 18.8. The second kappa shape index (κ2) is 5.90. The Kier molecular flexibility index (Phi) is 3.81. The van der Waals surface area contributed by atoms with Gasteiger partial charge in [0.2, 0.25) is 0 Å². The Morgan fingerprint density at radius 1 is 1.37 bits per heavy atom. The Bertz CT molecular complexity index is 508. The van der Waals surface area contributed by atoms with Crippen molar-refractivity contribution in [3.63, 3.8) is 0 Å². The van der Waals surface area contributed by atoms with E-state index >= 15 is 0 Å². The summed E-state index contributed by atoms with van der Waals surface area (Å²) in [7, 11) is 0. The van der Waals surface area contributed by atoms with Gasteiger partial charge in [-0.1, -0.05) is 5.21 Å². The van der Waals surface area contributed by atoms with Crippen LogP contribution in [-0.4, -0.2) is 45.9 Å². The van der Waals surface area contributed by atoms with Gasteiger partial charge in [0.25, 0.3) is 0 Å². The van der Waals surface area contributed by atoms with Crippen LogP contribution in [0.4, 0.5) is 0 Å². The highest BCUT2D eigenvalue weighted by Crippen LogP contribution is 2.14. The van der Waals surface area contributed by atoms with E-state index in [1.807, 2.05) is 18.3 Å². The molecule has 0 aliphatic carbocycles. The molecule has 100 valence electrons. The summed E-state index contributed by atoms with van der Waals surface area (Å²) in [6.45, 7) is 2.85. The van der Waals surface area contributed by atoms with Crippen molar-refractivity contribution in [1.29, 1.82) is 0 Å². The zero-order valence-electron chi connectivity index (χ0n) is 10.6. The Hall–Kier alpha value is -1.79. The fourth-order valence-electron chi connectivity index (χ4n) is 2.02. The minimum absolute atomic E-state index is 0.239. The molecular weight excluding hydrogens is 244 g/mol. The van der Waals surface area contributed by atoms with E-state index in [0.717, 1.165) is 24.3 Å². The first-order valence-electron chi connectivity index (χ1n) is 6.42. The highest BCUT2D eigenvalue weighted by atomic mass is 16.5. The van der Waals surface area contributed by atoms with Crippen LogP contribution in [0.25, 0.3) is 11.3 Å². The summed E-state index contributed by atoms with van der Waals surface area (Å²) in [6, 6.07) is 3.83. The van der Waals surface area contributed by atoms with Crippen LogP contribution < -0.4 is 0 Å². The van der Waals surface area contributed by atoms with Crippen molar-refractivity contribution in [3.05, 3.63) is 30.7 Å². The minimum atomic E-state index is 0.239. The Morgan fingerprint density at radius 2 is 2.26 bits per heavy atom. The van der Waals surface area contributed by atoms with Gasteiger partial charge < -0.3 is 9.47 Å². The summed E-state index contributed by atoms with van der Waals surface area (Å²) in [5, 5.41) is 8.23. The van der Waals surface area contributed by atoms with Gasteiger partial charge in [-0.3, -0.25) is 4.98 Å². The molecular formula is C13H16N4O2. The third-order valence-electron chi connectivity index (χ3n) is 3.08. The van der Waals surface area contributed by atoms with Gasteiger partial charge in [-0.2, -0.15) is 0 Å². The number of aromatic nitrogens is 4. The van der Waals surface area contributed by atoms with E-state index in [4.69, 9.17) is 9.47 Å². The molecule has 3 rings (SSSR count). The molecule has 19 heavy (non-hydrogen) atoms. The van der Waals surface area contributed by atoms with E-state index in [1.165, 1.54) is 0 Å². The summed E-state index contributed by atoms with van der Waals surface area (Å²) in [4.78, 5) is 3.98. The molecule has 2 aromatic rings. The van der Waals surface area contributed by atoms with Crippen LogP contribution in [0.3, 0.4) is 0 Å². The largest absolute Gasteiger partial charge is 0.379 e. The van der Waals surface area contributed by atoms with Crippen molar-refractivity contribution in [2.45, 2.75) is 19.1 Å². The van der Waals surface area contributed by atoms with Gasteiger partial charge in [0.15, 0.2) is 0 Å². The second-order valence-corrected chi connectivity index (χ2v) is 4.46. The van der Waals surface area contributed by atoms with Crippen LogP contribution in [0.1, 0.15) is 6.42 Å². The van der Waals surface area contributed by atoms with Crippen LogP contribution in [0.15, 0.2) is 30.7 Å². The van der Waals surface area contributed by atoms with E-state index in [1.54, 1.807) is 17.1 Å². The average Bonchev–Trinajstić information content (AvgIpc) is 3.11. The smallest absolute Gasteiger partial charge is 0.113 e. The highest BCUT2D eigenvalue weighted by molar-refractivity contribution is 5.56. The Labute approximate surface area is 111 Å². The minimum Gasteiger partial charge on any atom is -0.379 e. The van der Waals surface area contributed by atoms with E-state index in [0.29, 0.717) is 19.8 Å². The van der Waals surface area contributed by atoms with Gasteiger partial charge in [0.05, 0.1) is 32.1 Å². The summed E-state index contributed by atoms with van der Waals surface area (Å²) < 4.78 is 12.8. The Morgan fingerprint density at radius 3 is 3.05 bits per heavy atom. The summed E-state index contributed by atoms with van der Waals surface area (Å²) >= 11 is 0.